The third-order valence-electron chi connectivity index (χ3n) is 4.79. The maximum absolute atomic E-state index is 13.0. The molecular weight excluding hydrogens is 480 g/mol. The van der Waals surface area contributed by atoms with Gasteiger partial charge in [-0.3, -0.25) is 9.59 Å². The summed E-state index contributed by atoms with van der Waals surface area (Å²) in [7, 11) is 0. The predicted octanol–water partition coefficient (Wildman–Crippen LogP) is 6.87. The van der Waals surface area contributed by atoms with Gasteiger partial charge in [0, 0.05) is 14.8 Å². The number of hydrogen-bond donors (Lipinski definition) is 0. The molecule has 2 aliphatic heterocycles. The second kappa shape index (κ2) is 9.19. The minimum absolute atomic E-state index is 0.0756. The maximum atomic E-state index is 13.0. The summed E-state index contributed by atoms with van der Waals surface area (Å²) in [6.45, 7) is 0.184. The average molecular weight is 495 g/mol. The molecule has 0 unspecified atom stereocenters. The molecule has 158 valence electrons. The van der Waals surface area contributed by atoms with Crippen molar-refractivity contribution in [1.29, 1.82) is 0 Å². The minimum Gasteiger partial charge on any atom is -0.331 e. The second-order valence-corrected chi connectivity index (χ2v) is 10.8. The molecule has 2 heterocycles. The van der Waals surface area contributed by atoms with Gasteiger partial charge in [-0.1, -0.05) is 71.5 Å². The van der Waals surface area contributed by atoms with Gasteiger partial charge in [-0.05, 0) is 59.8 Å². The van der Waals surface area contributed by atoms with Crippen molar-refractivity contribution in [1.82, 2.24) is 0 Å². The molecule has 0 radical (unpaired) electrons. The van der Waals surface area contributed by atoms with Crippen molar-refractivity contribution < 1.29 is 9.59 Å². The number of thioether (sulfide) groups is 2. The Morgan fingerprint density at radius 1 is 0.938 bits per heavy atom. The summed E-state index contributed by atoms with van der Waals surface area (Å²) in [4.78, 5) is 34.1. The lowest BCUT2D eigenvalue weighted by Crippen LogP contribution is -2.26. The summed E-state index contributed by atoms with van der Waals surface area (Å²) in [5, 5.41) is 0.559. The van der Waals surface area contributed by atoms with Gasteiger partial charge in [-0.2, -0.15) is 4.99 Å². The van der Waals surface area contributed by atoms with Crippen molar-refractivity contribution in [2.24, 2.45) is 4.99 Å². The highest BCUT2D eigenvalue weighted by Crippen LogP contribution is 2.48. The molecule has 32 heavy (non-hydrogen) atoms. The molecule has 0 spiro atoms. The molecule has 8 heteroatoms. The summed E-state index contributed by atoms with van der Waals surface area (Å²) in [6, 6.07) is 23.3. The first-order chi connectivity index (χ1) is 15.6. The SMILES string of the molecule is O=C(CN1c2ccccc2Sc2ccccc21)SC1=NC(=O)/C(=C/c2ccc(Cl)cc2)S1. The Balaban J connectivity index is 1.31. The molecule has 0 atom stereocenters. The van der Waals surface area contributed by atoms with Crippen LogP contribution in [0.25, 0.3) is 6.08 Å². The highest BCUT2D eigenvalue weighted by Gasteiger charge is 2.28. The van der Waals surface area contributed by atoms with E-state index in [1.165, 1.54) is 11.8 Å². The fourth-order valence-electron chi connectivity index (χ4n) is 3.35. The third-order valence-corrected chi connectivity index (χ3v) is 8.07. The number of benzene rings is 3. The number of hydrogen-bond acceptors (Lipinski definition) is 6. The molecule has 5 rings (SSSR count). The van der Waals surface area contributed by atoms with Gasteiger partial charge in [0.25, 0.3) is 5.91 Å². The molecule has 0 saturated heterocycles. The molecule has 0 fully saturated rings. The van der Waals surface area contributed by atoms with Crippen LogP contribution in [0, 0.1) is 0 Å². The lowest BCUT2D eigenvalue weighted by molar-refractivity contribution is -0.113. The number of carbonyl (C=O) groups excluding carboxylic acids is 2. The van der Waals surface area contributed by atoms with E-state index in [1.54, 1.807) is 30.0 Å². The van der Waals surface area contributed by atoms with Crippen LogP contribution in [0.5, 0.6) is 0 Å². The minimum atomic E-state index is -0.328. The fourth-order valence-corrected chi connectivity index (χ4v) is 6.45. The number of anilines is 2. The number of amides is 1. The smallest absolute Gasteiger partial charge is 0.285 e. The molecule has 0 aromatic heterocycles. The van der Waals surface area contributed by atoms with Crippen molar-refractivity contribution in [2.45, 2.75) is 9.79 Å². The number of rotatable bonds is 3. The van der Waals surface area contributed by atoms with Gasteiger partial charge < -0.3 is 4.90 Å². The van der Waals surface area contributed by atoms with E-state index in [4.69, 9.17) is 11.6 Å². The van der Waals surface area contributed by atoms with Gasteiger partial charge >= 0.3 is 0 Å². The van der Waals surface area contributed by atoms with Gasteiger partial charge in [0.05, 0.1) is 22.8 Å². The summed E-state index contributed by atoms with van der Waals surface area (Å²) in [5.41, 5.74) is 2.87. The van der Waals surface area contributed by atoms with Crippen LogP contribution < -0.4 is 4.90 Å². The number of nitrogens with zero attached hydrogens (tertiary/aromatic N) is 2. The first-order valence-corrected chi connectivity index (χ1v) is 12.5. The van der Waals surface area contributed by atoms with Gasteiger partial charge in [0.2, 0.25) is 5.12 Å². The summed E-state index contributed by atoms with van der Waals surface area (Å²) < 4.78 is 0.452. The van der Waals surface area contributed by atoms with Crippen molar-refractivity contribution in [3.63, 3.8) is 0 Å². The van der Waals surface area contributed by atoms with E-state index in [-0.39, 0.29) is 17.6 Å². The largest absolute Gasteiger partial charge is 0.331 e. The van der Waals surface area contributed by atoms with Crippen LogP contribution in [0.1, 0.15) is 5.56 Å². The first kappa shape index (κ1) is 21.4. The van der Waals surface area contributed by atoms with E-state index in [2.05, 4.69) is 17.1 Å². The van der Waals surface area contributed by atoms with Crippen molar-refractivity contribution in [3.05, 3.63) is 88.3 Å². The van der Waals surface area contributed by atoms with Gasteiger partial charge in [-0.15, -0.1) is 0 Å². The van der Waals surface area contributed by atoms with Crippen LogP contribution in [0.4, 0.5) is 11.4 Å². The van der Waals surface area contributed by atoms with Crippen LogP contribution in [0.3, 0.4) is 0 Å². The van der Waals surface area contributed by atoms with Crippen LogP contribution in [0.15, 0.2) is 92.5 Å². The van der Waals surface area contributed by atoms with Crippen molar-refractivity contribution in [3.8, 4) is 0 Å². The van der Waals surface area contributed by atoms with E-state index < -0.39 is 0 Å². The molecule has 4 nitrogen and oxygen atoms in total. The number of para-hydroxylation sites is 2. The van der Waals surface area contributed by atoms with Gasteiger partial charge in [-0.25, -0.2) is 0 Å². The zero-order valence-electron chi connectivity index (χ0n) is 16.5. The fraction of sp³-hybridized carbons (Fsp3) is 0.0417. The Morgan fingerprint density at radius 3 is 2.22 bits per heavy atom. The van der Waals surface area contributed by atoms with Crippen LogP contribution >= 0.6 is 46.9 Å². The highest BCUT2D eigenvalue weighted by molar-refractivity contribution is 8.46. The number of fused-ring (bicyclic) bond motifs is 2. The van der Waals surface area contributed by atoms with Crippen molar-refractivity contribution >= 4 is 79.7 Å². The molecule has 0 saturated carbocycles. The quantitative estimate of drug-likeness (QED) is 0.370. The van der Waals surface area contributed by atoms with Gasteiger partial charge in [0.15, 0.2) is 0 Å². The van der Waals surface area contributed by atoms with Crippen molar-refractivity contribution in [2.75, 3.05) is 11.4 Å². The Morgan fingerprint density at radius 2 is 1.56 bits per heavy atom. The number of carbonyl (C=O) groups is 2. The van der Waals surface area contributed by atoms with E-state index in [0.29, 0.717) is 14.3 Å². The number of aliphatic imine (C=N–C) groups is 1. The summed E-state index contributed by atoms with van der Waals surface area (Å²) >= 11 is 9.86. The zero-order chi connectivity index (χ0) is 22.1. The topological polar surface area (TPSA) is 49.7 Å². The van der Waals surface area contributed by atoms with Crippen LogP contribution in [-0.2, 0) is 9.59 Å². The summed E-state index contributed by atoms with van der Waals surface area (Å²) in [6.07, 6.45) is 1.76. The molecule has 1 amide bonds. The molecule has 0 aliphatic carbocycles. The second-order valence-electron chi connectivity index (χ2n) is 6.94. The monoisotopic (exact) mass is 494 g/mol. The standard InChI is InChI=1S/C24H15ClN2O2S3/c25-16-11-9-15(10-12-16)13-21-23(29)26-24(31-21)32-22(28)14-27-17-5-1-3-7-19(17)30-20-8-4-2-6-18(20)27/h1-13H,14H2/b21-13-. The van der Waals surface area contributed by atoms with Gasteiger partial charge in [0.1, 0.15) is 4.38 Å². The lowest BCUT2D eigenvalue weighted by Gasteiger charge is -2.32. The maximum Gasteiger partial charge on any atom is 0.285 e. The van der Waals surface area contributed by atoms with E-state index in [1.807, 2.05) is 53.4 Å². The number of halogens is 1. The Hall–Kier alpha value is -2.45. The van der Waals surface area contributed by atoms with E-state index in [0.717, 1.165) is 38.5 Å². The summed E-state index contributed by atoms with van der Waals surface area (Å²) in [5.74, 6) is -0.328. The normalized spacial score (nSPS) is 16.0. The molecule has 0 bridgehead atoms. The van der Waals surface area contributed by atoms with Crippen LogP contribution in [0.2, 0.25) is 5.02 Å². The Kier molecular flexibility index (Phi) is 6.15. The molecule has 3 aromatic rings. The van der Waals surface area contributed by atoms with E-state index in [9.17, 15) is 9.59 Å². The molecular formula is C24H15ClN2O2S3. The molecule has 3 aromatic carbocycles. The Labute approximate surface area is 203 Å². The molecule has 0 N–H and O–H groups in total. The average Bonchev–Trinajstić information content (AvgIpc) is 3.13. The van der Waals surface area contributed by atoms with Crippen LogP contribution in [-0.4, -0.2) is 21.9 Å². The lowest BCUT2D eigenvalue weighted by atomic mass is 10.2. The first-order valence-electron chi connectivity index (χ1n) is 9.69. The Bertz CT molecular complexity index is 1240. The highest BCUT2D eigenvalue weighted by atomic mass is 35.5. The molecule has 2 aliphatic rings. The van der Waals surface area contributed by atoms with E-state index >= 15 is 0 Å². The third kappa shape index (κ3) is 4.52. The predicted molar refractivity (Wildman–Crippen MR) is 136 cm³/mol. The zero-order valence-corrected chi connectivity index (χ0v) is 19.7.